The van der Waals surface area contributed by atoms with Gasteiger partial charge < -0.3 is 16.0 Å². The molecular formula is C10H23N3O. The highest BCUT2D eigenvalue weighted by atomic mass is 16.1. The fraction of sp³-hybridized carbons (Fsp3) is 0.900. The molecule has 0 aliphatic carbocycles. The van der Waals surface area contributed by atoms with Crippen molar-refractivity contribution in [3.63, 3.8) is 0 Å². The first kappa shape index (κ1) is 13.4. The molecule has 0 aliphatic rings. The minimum atomic E-state index is -0.243. The number of hydrogen-bond acceptors (Lipinski definition) is 3. The Bertz CT molecular complexity index is 157. The van der Waals surface area contributed by atoms with Crippen LogP contribution in [0.4, 0.5) is 0 Å². The fourth-order valence-corrected chi connectivity index (χ4v) is 1.38. The number of nitrogens with zero attached hydrogens (tertiary/aromatic N) is 1. The number of carbonyl (C=O) groups excluding carboxylic acids is 1. The van der Waals surface area contributed by atoms with Crippen LogP contribution < -0.4 is 11.1 Å². The molecule has 0 aromatic heterocycles. The standard InChI is InChI=1S/C10H23N3O/c1-4-13(5-2)8-9(3)12-7-6-10(11)14/h9,12H,4-8H2,1-3H3,(H2,11,14). The monoisotopic (exact) mass is 201 g/mol. The topological polar surface area (TPSA) is 58.4 Å². The molecular weight excluding hydrogens is 178 g/mol. The molecule has 84 valence electrons. The first-order valence-corrected chi connectivity index (χ1v) is 5.34. The molecule has 1 amide bonds. The fourth-order valence-electron chi connectivity index (χ4n) is 1.38. The Labute approximate surface area is 86.8 Å². The number of nitrogens with two attached hydrogens (primary N) is 1. The number of amides is 1. The molecule has 14 heavy (non-hydrogen) atoms. The molecule has 0 rings (SSSR count). The maximum atomic E-state index is 10.5. The van der Waals surface area contributed by atoms with E-state index in [0.29, 0.717) is 19.0 Å². The molecule has 0 saturated carbocycles. The Morgan fingerprint density at radius 2 is 2.00 bits per heavy atom. The summed E-state index contributed by atoms with van der Waals surface area (Å²) >= 11 is 0. The Balaban J connectivity index is 3.53. The van der Waals surface area contributed by atoms with Crippen molar-refractivity contribution >= 4 is 5.91 Å². The Morgan fingerprint density at radius 1 is 1.43 bits per heavy atom. The van der Waals surface area contributed by atoms with Crippen molar-refractivity contribution in [1.29, 1.82) is 0 Å². The summed E-state index contributed by atoms with van der Waals surface area (Å²) in [4.78, 5) is 12.8. The summed E-state index contributed by atoms with van der Waals surface area (Å²) in [5.41, 5.74) is 5.04. The van der Waals surface area contributed by atoms with Crippen LogP contribution in [0.1, 0.15) is 27.2 Å². The van der Waals surface area contributed by atoms with Gasteiger partial charge in [0.1, 0.15) is 0 Å². The van der Waals surface area contributed by atoms with E-state index in [0.717, 1.165) is 19.6 Å². The van der Waals surface area contributed by atoms with E-state index in [4.69, 9.17) is 5.73 Å². The van der Waals surface area contributed by atoms with E-state index in [2.05, 4.69) is 31.0 Å². The van der Waals surface area contributed by atoms with Crippen molar-refractivity contribution in [2.24, 2.45) is 5.73 Å². The van der Waals surface area contributed by atoms with Crippen LogP contribution in [-0.2, 0) is 4.79 Å². The third-order valence-corrected chi connectivity index (χ3v) is 2.29. The van der Waals surface area contributed by atoms with E-state index in [9.17, 15) is 4.79 Å². The summed E-state index contributed by atoms with van der Waals surface area (Å²) in [5.74, 6) is -0.243. The van der Waals surface area contributed by atoms with Gasteiger partial charge in [0.05, 0.1) is 0 Å². The van der Waals surface area contributed by atoms with E-state index in [1.807, 2.05) is 0 Å². The van der Waals surface area contributed by atoms with Gasteiger partial charge in [0, 0.05) is 25.6 Å². The molecule has 0 spiro atoms. The molecule has 1 atom stereocenters. The average Bonchev–Trinajstić information content (AvgIpc) is 2.13. The minimum absolute atomic E-state index is 0.243. The maximum absolute atomic E-state index is 10.5. The number of nitrogens with one attached hydrogen (secondary N) is 1. The molecule has 0 aromatic rings. The Morgan fingerprint density at radius 3 is 2.43 bits per heavy atom. The second-order valence-electron chi connectivity index (χ2n) is 3.56. The molecule has 4 nitrogen and oxygen atoms in total. The highest BCUT2D eigenvalue weighted by molar-refractivity contribution is 5.73. The van der Waals surface area contributed by atoms with Crippen molar-refractivity contribution in [2.45, 2.75) is 33.2 Å². The van der Waals surface area contributed by atoms with Crippen molar-refractivity contribution in [1.82, 2.24) is 10.2 Å². The van der Waals surface area contributed by atoms with Gasteiger partial charge in [0.25, 0.3) is 0 Å². The van der Waals surface area contributed by atoms with Gasteiger partial charge in [-0.3, -0.25) is 4.79 Å². The molecule has 0 aromatic carbocycles. The maximum Gasteiger partial charge on any atom is 0.218 e. The Kier molecular flexibility index (Phi) is 7.42. The third-order valence-electron chi connectivity index (χ3n) is 2.29. The minimum Gasteiger partial charge on any atom is -0.370 e. The summed E-state index contributed by atoms with van der Waals surface area (Å²) in [5, 5.41) is 3.27. The molecule has 0 radical (unpaired) electrons. The lowest BCUT2D eigenvalue weighted by molar-refractivity contribution is -0.117. The van der Waals surface area contributed by atoms with Crippen LogP contribution in [0.25, 0.3) is 0 Å². The lowest BCUT2D eigenvalue weighted by atomic mass is 10.3. The van der Waals surface area contributed by atoms with Crippen LogP contribution in [0, 0.1) is 0 Å². The van der Waals surface area contributed by atoms with Crippen molar-refractivity contribution in [3.8, 4) is 0 Å². The molecule has 1 unspecified atom stereocenters. The lowest BCUT2D eigenvalue weighted by Crippen LogP contribution is -2.40. The number of likely N-dealkylation sites (N-methyl/N-ethyl adjacent to an activating group) is 1. The van der Waals surface area contributed by atoms with Crippen LogP contribution in [0.3, 0.4) is 0 Å². The van der Waals surface area contributed by atoms with E-state index < -0.39 is 0 Å². The second kappa shape index (κ2) is 7.76. The van der Waals surface area contributed by atoms with E-state index >= 15 is 0 Å². The van der Waals surface area contributed by atoms with Crippen LogP contribution in [-0.4, -0.2) is 43.0 Å². The van der Waals surface area contributed by atoms with Crippen molar-refractivity contribution in [2.75, 3.05) is 26.2 Å². The quantitative estimate of drug-likeness (QED) is 0.589. The van der Waals surface area contributed by atoms with Gasteiger partial charge in [0.15, 0.2) is 0 Å². The lowest BCUT2D eigenvalue weighted by Gasteiger charge is -2.23. The summed E-state index contributed by atoms with van der Waals surface area (Å²) in [6.07, 6.45) is 0.419. The van der Waals surface area contributed by atoms with Gasteiger partial charge >= 0.3 is 0 Å². The summed E-state index contributed by atoms with van der Waals surface area (Å²) < 4.78 is 0. The van der Waals surface area contributed by atoms with Gasteiger partial charge in [-0.15, -0.1) is 0 Å². The molecule has 0 saturated heterocycles. The molecule has 0 aliphatic heterocycles. The zero-order chi connectivity index (χ0) is 11.0. The summed E-state index contributed by atoms with van der Waals surface area (Å²) in [6.45, 7) is 10.3. The summed E-state index contributed by atoms with van der Waals surface area (Å²) in [7, 11) is 0. The average molecular weight is 201 g/mol. The third kappa shape index (κ3) is 6.86. The SMILES string of the molecule is CCN(CC)CC(C)NCCC(N)=O. The van der Waals surface area contributed by atoms with Gasteiger partial charge in [-0.05, 0) is 20.0 Å². The number of rotatable bonds is 8. The van der Waals surface area contributed by atoms with E-state index in [1.165, 1.54) is 0 Å². The molecule has 3 N–H and O–H groups in total. The predicted octanol–water partition coefficient (Wildman–Crippen LogP) is 0.182. The van der Waals surface area contributed by atoms with Crippen molar-refractivity contribution in [3.05, 3.63) is 0 Å². The van der Waals surface area contributed by atoms with Gasteiger partial charge in [-0.25, -0.2) is 0 Å². The first-order chi connectivity index (χ1) is 6.60. The second-order valence-corrected chi connectivity index (χ2v) is 3.56. The van der Waals surface area contributed by atoms with Crippen LogP contribution in [0.2, 0.25) is 0 Å². The number of hydrogen-bond donors (Lipinski definition) is 2. The molecule has 4 heteroatoms. The van der Waals surface area contributed by atoms with E-state index in [-0.39, 0.29) is 5.91 Å². The van der Waals surface area contributed by atoms with Crippen LogP contribution in [0.15, 0.2) is 0 Å². The highest BCUT2D eigenvalue weighted by Gasteiger charge is 2.06. The highest BCUT2D eigenvalue weighted by Crippen LogP contribution is 1.91. The van der Waals surface area contributed by atoms with Gasteiger partial charge in [0.2, 0.25) is 5.91 Å². The first-order valence-electron chi connectivity index (χ1n) is 5.34. The number of primary amides is 1. The number of carbonyl (C=O) groups is 1. The predicted molar refractivity (Wildman–Crippen MR) is 59.1 cm³/mol. The molecule has 0 bridgehead atoms. The van der Waals surface area contributed by atoms with E-state index in [1.54, 1.807) is 0 Å². The molecule has 0 heterocycles. The molecule has 0 fully saturated rings. The van der Waals surface area contributed by atoms with Crippen LogP contribution in [0.5, 0.6) is 0 Å². The smallest absolute Gasteiger partial charge is 0.218 e. The Hall–Kier alpha value is -0.610. The van der Waals surface area contributed by atoms with Crippen LogP contribution >= 0.6 is 0 Å². The van der Waals surface area contributed by atoms with Gasteiger partial charge in [-0.1, -0.05) is 13.8 Å². The largest absolute Gasteiger partial charge is 0.370 e. The normalized spacial score (nSPS) is 13.1. The van der Waals surface area contributed by atoms with Crippen molar-refractivity contribution < 1.29 is 4.79 Å². The summed E-state index contributed by atoms with van der Waals surface area (Å²) in [6, 6.07) is 0.411. The zero-order valence-electron chi connectivity index (χ0n) is 9.55. The van der Waals surface area contributed by atoms with Gasteiger partial charge in [-0.2, -0.15) is 0 Å². The zero-order valence-corrected chi connectivity index (χ0v) is 9.55.